The lowest BCUT2D eigenvalue weighted by molar-refractivity contribution is -0.174. The highest BCUT2D eigenvalue weighted by molar-refractivity contribution is 5.87. The number of rotatable bonds is 7. The summed E-state index contributed by atoms with van der Waals surface area (Å²) in [5.74, 6) is 0.00561. The van der Waals surface area contributed by atoms with Crippen LogP contribution in [0.1, 0.15) is 32.3 Å². The van der Waals surface area contributed by atoms with E-state index in [9.17, 15) is 9.59 Å². The maximum Gasteiger partial charge on any atom is 0.256 e. The molecule has 1 saturated heterocycles. The van der Waals surface area contributed by atoms with Gasteiger partial charge in [0.15, 0.2) is 5.60 Å². The van der Waals surface area contributed by atoms with Crippen LogP contribution in [0.15, 0.2) is 48.8 Å². The van der Waals surface area contributed by atoms with E-state index in [4.69, 9.17) is 4.74 Å². The fourth-order valence-corrected chi connectivity index (χ4v) is 4.27. The number of hydrogen-bond acceptors (Lipinski definition) is 4. The molecule has 0 bridgehead atoms. The minimum absolute atomic E-state index is 0.0102. The molecule has 0 aliphatic carbocycles. The summed E-state index contributed by atoms with van der Waals surface area (Å²) < 4.78 is 6.14. The summed E-state index contributed by atoms with van der Waals surface area (Å²) >= 11 is 0. The zero-order valence-corrected chi connectivity index (χ0v) is 19.0. The van der Waals surface area contributed by atoms with Crippen molar-refractivity contribution in [2.45, 2.75) is 38.7 Å². The number of benzene rings is 1. The first-order valence-corrected chi connectivity index (χ1v) is 11.0. The fourth-order valence-electron chi connectivity index (χ4n) is 4.27. The van der Waals surface area contributed by atoms with Gasteiger partial charge in [0.1, 0.15) is 0 Å². The lowest BCUT2D eigenvalue weighted by Crippen LogP contribution is -2.62. The van der Waals surface area contributed by atoms with Crippen molar-refractivity contribution in [2.24, 2.45) is 5.92 Å². The van der Waals surface area contributed by atoms with E-state index in [0.29, 0.717) is 19.6 Å². The Morgan fingerprint density at radius 3 is 2.42 bits per heavy atom. The Kier molecular flexibility index (Phi) is 7.44. The average Bonchev–Trinajstić information content (AvgIpc) is 2.80. The number of aromatic nitrogens is 1. The van der Waals surface area contributed by atoms with Gasteiger partial charge in [0.2, 0.25) is 5.91 Å². The third-order valence-corrected chi connectivity index (χ3v) is 6.07. The van der Waals surface area contributed by atoms with Gasteiger partial charge in [-0.2, -0.15) is 0 Å². The topological polar surface area (TPSA) is 62.7 Å². The minimum atomic E-state index is -1.07. The summed E-state index contributed by atoms with van der Waals surface area (Å²) in [6.45, 7) is 5.24. The van der Waals surface area contributed by atoms with Crippen molar-refractivity contribution < 1.29 is 14.3 Å². The van der Waals surface area contributed by atoms with Crippen LogP contribution >= 0.6 is 0 Å². The molecular formula is C25H33N3O3. The van der Waals surface area contributed by atoms with Crippen molar-refractivity contribution >= 4 is 11.8 Å². The van der Waals surface area contributed by atoms with E-state index < -0.39 is 5.60 Å². The summed E-state index contributed by atoms with van der Waals surface area (Å²) in [5.41, 5.74) is 2.04. The van der Waals surface area contributed by atoms with E-state index >= 15 is 0 Å². The number of carbonyl (C=O) groups excluding carboxylic acids is 2. The highest BCUT2D eigenvalue weighted by Crippen LogP contribution is 2.28. The van der Waals surface area contributed by atoms with Crippen molar-refractivity contribution in [3.63, 3.8) is 0 Å². The van der Waals surface area contributed by atoms with E-state index in [-0.39, 0.29) is 24.3 Å². The maximum atomic E-state index is 13.2. The van der Waals surface area contributed by atoms with Crippen LogP contribution < -0.4 is 0 Å². The number of pyridine rings is 1. The molecule has 0 saturated carbocycles. The minimum Gasteiger partial charge on any atom is -0.361 e. The molecular weight excluding hydrogens is 390 g/mol. The summed E-state index contributed by atoms with van der Waals surface area (Å²) in [6, 6.07) is 12.1. The lowest BCUT2D eigenvalue weighted by Gasteiger charge is -2.43. The zero-order chi connectivity index (χ0) is 22.4. The Morgan fingerprint density at radius 1 is 1.13 bits per heavy atom. The molecule has 2 aromatic rings. The maximum absolute atomic E-state index is 13.2. The lowest BCUT2D eigenvalue weighted by atomic mass is 9.89. The molecule has 1 aliphatic rings. The molecule has 1 aromatic carbocycles. The van der Waals surface area contributed by atoms with E-state index in [1.807, 2.05) is 61.3 Å². The van der Waals surface area contributed by atoms with Crippen molar-refractivity contribution in [3.05, 3.63) is 54.4 Å². The largest absolute Gasteiger partial charge is 0.361 e. The van der Waals surface area contributed by atoms with E-state index in [0.717, 1.165) is 29.5 Å². The molecule has 1 aromatic heterocycles. The van der Waals surface area contributed by atoms with Gasteiger partial charge in [0.25, 0.3) is 5.91 Å². The molecule has 1 unspecified atom stereocenters. The summed E-state index contributed by atoms with van der Waals surface area (Å²) in [5, 5.41) is 0. The Bertz CT molecular complexity index is 879. The highest BCUT2D eigenvalue weighted by Gasteiger charge is 2.46. The van der Waals surface area contributed by atoms with Gasteiger partial charge < -0.3 is 14.5 Å². The molecule has 6 nitrogen and oxygen atoms in total. The first kappa shape index (κ1) is 22.9. The number of nitrogens with zero attached hydrogens (tertiary/aromatic N) is 3. The van der Waals surface area contributed by atoms with Crippen molar-refractivity contribution in [1.82, 2.24) is 14.8 Å². The van der Waals surface area contributed by atoms with E-state index in [1.165, 1.54) is 0 Å². The molecule has 1 atom stereocenters. The number of amides is 2. The molecule has 0 N–H and O–H groups in total. The van der Waals surface area contributed by atoms with Gasteiger partial charge in [-0.15, -0.1) is 0 Å². The quantitative estimate of drug-likeness (QED) is 0.685. The second-order valence-electron chi connectivity index (χ2n) is 8.43. The summed E-state index contributed by atoms with van der Waals surface area (Å²) in [4.78, 5) is 33.8. The molecule has 166 valence electrons. The van der Waals surface area contributed by atoms with Gasteiger partial charge in [-0.3, -0.25) is 14.6 Å². The highest BCUT2D eigenvalue weighted by atomic mass is 16.5. The third-order valence-electron chi connectivity index (χ3n) is 6.07. The second-order valence-corrected chi connectivity index (χ2v) is 8.43. The number of morpholine rings is 1. The third kappa shape index (κ3) is 5.13. The predicted octanol–water partition coefficient (Wildman–Crippen LogP) is 3.41. The second kappa shape index (κ2) is 10.1. The number of likely N-dealkylation sites (N-methyl/N-ethyl adjacent to an activating group) is 1. The van der Waals surface area contributed by atoms with Gasteiger partial charge >= 0.3 is 0 Å². The molecule has 0 radical (unpaired) electrons. The van der Waals surface area contributed by atoms with Gasteiger partial charge in [0, 0.05) is 45.4 Å². The molecule has 2 heterocycles. The average molecular weight is 424 g/mol. The molecule has 31 heavy (non-hydrogen) atoms. The fraction of sp³-hybridized carbons (Fsp3) is 0.480. The first-order valence-electron chi connectivity index (χ1n) is 11.0. The molecule has 2 amide bonds. The van der Waals surface area contributed by atoms with Crippen LogP contribution in [-0.4, -0.2) is 66.0 Å². The Labute approximate surface area is 185 Å². The van der Waals surface area contributed by atoms with Crippen LogP contribution in [0.25, 0.3) is 11.1 Å². The van der Waals surface area contributed by atoms with Crippen LogP contribution in [0.5, 0.6) is 0 Å². The Morgan fingerprint density at radius 2 is 1.84 bits per heavy atom. The van der Waals surface area contributed by atoms with Crippen LogP contribution in [-0.2, 0) is 20.7 Å². The van der Waals surface area contributed by atoms with Crippen molar-refractivity contribution in [1.29, 1.82) is 0 Å². The summed E-state index contributed by atoms with van der Waals surface area (Å²) in [6.07, 6.45) is 5.61. The number of carbonyl (C=O) groups is 2. The molecule has 0 spiro atoms. The van der Waals surface area contributed by atoms with Gasteiger partial charge in [-0.1, -0.05) is 44.2 Å². The Balaban J connectivity index is 1.85. The smallest absolute Gasteiger partial charge is 0.256 e. The SMILES string of the molecule is CCC(CC)C(=O)N1CCOC(Cc2ccc(-c3cccnc3)cc2)(C(=O)N(C)C)C1. The zero-order valence-electron chi connectivity index (χ0n) is 19.0. The first-order chi connectivity index (χ1) is 14.9. The number of hydrogen-bond donors (Lipinski definition) is 0. The molecule has 1 fully saturated rings. The van der Waals surface area contributed by atoms with E-state index in [2.05, 4.69) is 4.98 Å². The van der Waals surface area contributed by atoms with Crippen LogP contribution in [0, 0.1) is 5.92 Å². The van der Waals surface area contributed by atoms with Crippen LogP contribution in [0.4, 0.5) is 0 Å². The predicted molar refractivity (Wildman–Crippen MR) is 121 cm³/mol. The van der Waals surface area contributed by atoms with E-state index in [1.54, 1.807) is 25.2 Å². The normalized spacial score (nSPS) is 18.8. The molecule has 6 heteroatoms. The van der Waals surface area contributed by atoms with Gasteiger partial charge in [0.05, 0.1) is 13.2 Å². The molecule has 3 rings (SSSR count). The van der Waals surface area contributed by atoms with Crippen LogP contribution in [0.2, 0.25) is 0 Å². The number of ether oxygens (including phenoxy) is 1. The standard InChI is InChI=1S/C25H33N3O3/c1-5-20(6-2)23(29)28-14-15-31-25(18-28,24(30)27(3)4)16-19-9-11-21(12-10-19)22-8-7-13-26-17-22/h7-13,17,20H,5-6,14-16,18H2,1-4H3. The van der Waals surface area contributed by atoms with Gasteiger partial charge in [-0.05, 0) is 35.6 Å². The summed E-state index contributed by atoms with van der Waals surface area (Å²) in [7, 11) is 3.47. The van der Waals surface area contributed by atoms with Crippen molar-refractivity contribution in [2.75, 3.05) is 33.8 Å². The monoisotopic (exact) mass is 423 g/mol. The van der Waals surface area contributed by atoms with Crippen LogP contribution in [0.3, 0.4) is 0 Å². The van der Waals surface area contributed by atoms with Gasteiger partial charge in [-0.25, -0.2) is 0 Å². The Hall–Kier alpha value is -2.73. The van der Waals surface area contributed by atoms with Crippen molar-refractivity contribution in [3.8, 4) is 11.1 Å². The molecule has 1 aliphatic heterocycles.